The molecular weight excluding hydrogens is 358 g/mol. The molecule has 1 aromatic heterocycles. The van der Waals surface area contributed by atoms with Crippen LogP contribution in [0.5, 0.6) is 5.75 Å². The summed E-state index contributed by atoms with van der Waals surface area (Å²) >= 11 is 1.58. The van der Waals surface area contributed by atoms with Gasteiger partial charge < -0.3 is 14.5 Å². The summed E-state index contributed by atoms with van der Waals surface area (Å²) in [5.74, 6) is 0.190. The number of piperazine rings is 1. The molecule has 0 saturated carbocycles. The molecular formula is C21H21N3O2S. The quantitative estimate of drug-likeness (QED) is 0.505. The highest BCUT2D eigenvalue weighted by Gasteiger charge is 2.32. The van der Waals surface area contributed by atoms with E-state index in [-0.39, 0.29) is 11.9 Å². The number of hydrogen-bond acceptors (Lipinski definition) is 6. The molecule has 0 N–H and O–H groups in total. The number of likely N-dealkylation sites (N-methyl/N-ethyl adjacent to an activating group) is 1. The van der Waals surface area contributed by atoms with Gasteiger partial charge in [-0.3, -0.25) is 4.79 Å². The van der Waals surface area contributed by atoms with Crippen molar-refractivity contribution in [2.45, 2.75) is 12.3 Å². The van der Waals surface area contributed by atoms with E-state index >= 15 is 0 Å². The van der Waals surface area contributed by atoms with E-state index in [4.69, 9.17) is 4.74 Å². The van der Waals surface area contributed by atoms with Crippen molar-refractivity contribution < 1.29 is 9.53 Å². The fraction of sp³-hybridized carbons (Fsp3) is 0.333. The SMILES string of the molecule is CN1CCN(c2ccc3c(c2)OC(=O)C(c2nc4ccccc4s2)C3)CC1. The van der Waals surface area contributed by atoms with Gasteiger partial charge in [0.2, 0.25) is 0 Å². The van der Waals surface area contributed by atoms with Gasteiger partial charge in [0.1, 0.15) is 16.7 Å². The number of esters is 1. The molecule has 0 amide bonds. The molecule has 3 aromatic rings. The van der Waals surface area contributed by atoms with E-state index in [1.54, 1.807) is 11.3 Å². The van der Waals surface area contributed by atoms with Crippen LogP contribution in [-0.2, 0) is 11.2 Å². The van der Waals surface area contributed by atoms with Crippen molar-refractivity contribution in [1.29, 1.82) is 0 Å². The molecule has 0 aliphatic carbocycles. The number of rotatable bonds is 2. The number of benzene rings is 2. The molecule has 0 radical (unpaired) electrons. The number of hydrogen-bond donors (Lipinski definition) is 0. The molecule has 2 aromatic carbocycles. The Morgan fingerprint density at radius 2 is 1.93 bits per heavy atom. The first kappa shape index (κ1) is 16.7. The number of nitrogens with zero attached hydrogens (tertiary/aromatic N) is 3. The second-order valence-electron chi connectivity index (χ2n) is 7.28. The van der Waals surface area contributed by atoms with Crippen LogP contribution in [0.1, 0.15) is 16.5 Å². The van der Waals surface area contributed by atoms with Crippen LogP contribution in [0, 0.1) is 0 Å². The van der Waals surface area contributed by atoms with Gasteiger partial charge in [-0.25, -0.2) is 4.98 Å². The van der Waals surface area contributed by atoms with Gasteiger partial charge in [-0.2, -0.15) is 0 Å². The van der Waals surface area contributed by atoms with Gasteiger partial charge in [-0.1, -0.05) is 18.2 Å². The highest BCUT2D eigenvalue weighted by molar-refractivity contribution is 7.18. The predicted octanol–water partition coefficient (Wildman–Crippen LogP) is 3.29. The van der Waals surface area contributed by atoms with Crippen molar-refractivity contribution in [1.82, 2.24) is 9.88 Å². The van der Waals surface area contributed by atoms with Gasteiger partial charge in [0.05, 0.1) is 10.2 Å². The van der Waals surface area contributed by atoms with Crippen LogP contribution in [0.2, 0.25) is 0 Å². The van der Waals surface area contributed by atoms with Crippen molar-refractivity contribution in [2.24, 2.45) is 0 Å². The van der Waals surface area contributed by atoms with Gasteiger partial charge in [-0.15, -0.1) is 11.3 Å². The van der Waals surface area contributed by atoms with Gasteiger partial charge in [-0.05, 0) is 37.2 Å². The Kier molecular flexibility index (Phi) is 4.10. The molecule has 6 heteroatoms. The number of carbonyl (C=O) groups excluding carboxylic acids is 1. The number of ether oxygens (including phenoxy) is 1. The minimum atomic E-state index is -0.315. The molecule has 1 atom stereocenters. The summed E-state index contributed by atoms with van der Waals surface area (Å²) in [7, 11) is 2.15. The Labute approximate surface area is 162 Å². The summed E-state index contributed by atoms with van der Waals surface area (Å²) in [6.45, 7) is 4.10. The Bertz CT molecular complexity index is 975. The lowest BCUT2D eigenvalue weighted by Crippen LogP contribution is -2.44. The van der Waals surface area contributed by atoms with Crippen LogP contribution in [0.3, 0.4) is 0 Å². The Morgan fingerprint density at radius 1 is 1.11 bits per heavy atom. The van der Waals surface area contributed by atoms with E-state index in [2.05, 4.69) is 34.0 Å². The largest absolute Gasteiger partial charge is 0.426 e. The first-order valence-electron chi connectivity index (χ1n) is 9.31. The maximum absolute atomic E-state index is 12.7. The van der Waals surface area contributed by atoms with Crippen LogP contribution >= 0.6 is 11.3 Å². The molecule has 1 saturated heterocycles. The minimum Gasteiger partial charge on any atom is -0.426 e. The van der Waals surface area contributed by atoms with Crippen LogP contribution in [-0.4, -0.2) is 49.1 Å². The van der Waals surface area contributed by atoms with Gasteiger partial charge in [0, 0.05) is 37.9 Å². The molecule has 2 aliphatic rings. The Balaban J connectivity index is 1.41. The maximum atomic E-state index is 12.7. The number of fused-ring (bicyclic) bond motifs is 2. The van der Waals surface area contributed by atoms with E-state index in [0.717, 1.165) is 52.7 Å². The molecule has 27 heavy (non-hydrogen) atoms. The summed E-state index contributed by atoms with van der Waals surface area (Å²) in [6, 6.07) is 14.3. The third-order valence-corrected chi connectivity index (χ3v) is 6.60. The van der Waals surface area contributed by atoms with Crippen LogP contribution < -0.4 is 9.64 Å². The first-order valence-corrected chi connectivity index (χ1v) is 10.1. The standard InChI is InChI=1S/C21H21N3O2S/c1-23-8-10-24(11-9-23)15-7-6-14-12-16(21(25)26-18(14)13-15)20-22-17-4-2-3-5-19(17)27-20/h2-7,13,16H,8-12H2,1H3. The fourth-order valence-electron chi connectivity index (χ4n) is 3.78. The molecule has 1 fully saturated rings. The summed E-state index contributed by atoms with van der Waals surface area (Å²) in [5.41, 5.74) is 3.16. The lowest BCUT2D eigenvalue weighted by atomic mass is 9.96. The average molecular weight is 379 g/mol. The highest BCUT2D eigenvalue weighted by Crippen LogP contribution is 2.38. The van der Waals surface area contributed by atoms with E-state index in [1.165, 1.54) is 0 Å². The molecule has 3 heterocycles. The first-order chi connectivity index (χ1) is 13.2. The molecule has 5 nitrogen and oxygen atoms in total. The summed E-state index contributed by atoms with van der Waals surface area (Å²) in [6.07, 6.45) is 0.650. The summed E-state index contributed by atoms with van der Waals surface area (Å²) in [4.78, 5) is 22.0. The highest BCUT2D eigenvalue weighted by atomic mass is 32.1. The second kappa shape index (κ2) is 6.62. The van der Waals surface area contributed by atoms with Gasteiger partial charge >= 0.3 is 5.97 Å². The normalized spacial score (nSPS) is 20.6. The zero-order chi connectivity index (χ0) is 18.4. The lowest BCUT2D eigenvalue weighted by Gasteiger charge is -2.34. The monoisotopic (exact) mass is 379 g/mol. The van der Waals surface area contributed by atoms with Crippen LogP contribution in [0.25, 0.3) is 10.2 Å². The van der Waals surface area contributed by atoms with Gasteiger partial charge in [0.15, 0.2) is 0 Å². The van der Waals surface area contributed by atoms with Crippen LogP contribution in [0.4, 0.5) is 5.69 Å². The van der Waals surface area contributed by atoms with E-state index in [1.807, 2.05) is 30.3 Å². The minimum absolute atomic E-state index is 0.197. The van der Waals surface area contributed by atoms with E-state index < -0.39 is 0 Å². The maximum Gasteiger partial charge on any atom is 0.321 e. The molecule has 2 aliphatic heterocycles. The third-order valence-electron chi connectivity index (χ3n) is 5.45. The molecule has 1 unspecified atom stereocenters. The average Bonchev–Trinajstić information content (AvgIpc) is 3.11. The van der Waals surface area contributed by atoms with E-state index in [9.17, 15) is 4.79 Å². The number of thiazole rings is 1. The summed E-state index contributed by atoms with van der Waals surface area (Å²) < 4.78 is 6.85. The van der Waals surface area contributed by atoms with Crippen molar-refractivity contribution in [3.63, 3.8) is 0 Å². The van der Waals surface area contributed by atoms with Crippen molar-refractivity contribution in [2.75, 3.05) is 38.1 Å². The predicted molar refractivity (Wildman–Crippen MR) is 108 cm³/mol. The number of para-hydroxylation sites is 1. The van der Waals surface area contributed by atoms with Crippen molar-refractivity contribution in [3.05, 3.63) is 53.0 Å². The zero-order valence-electron chi connectivity index (χ0n) is 15.2. The number of anilines is 1. The Hall–Kier alpha value is -2.44. The topological polar surface area (TPSA) is 45.7 Å². The van der Waals surface area contributed by atoms with E-state index in [0.29, 0.717) is 12.2 Å². The summed E-state index contributed by atoms with van der Waals surface area (Å²) in [5, 5.41) is 0.843. The molecule has 0 bridgehead atoms. The van der Waals surface area contributed by atoms with Crippen LogP contribution in [0.15, 0.2) is 42.5 Å². The lowest BCUT2D eigenvalue weighted by molar-refractivity contribution is -0.137. The third kappa shape index (κ3) is 3.09. The smallest absolute Gasteiger partial charge is 0.321 e. The molecule has 138 valence electrons. The second-order valence-corrected chi connectivity index (χ2v) is 8.34. The molecule has 0 spiro atoms. The fourth-order valence-corrected chi connectivity index (χ4v) is 4.83. The van der Waals surface area contributed by atoms with Crippen molar-refractivity contribution >= 4 is 33.2 Å². The number of aromatic nitrogens is 1. The van der Waals surface area contributed by atoms with Crippen molar-refractivity contribution in [3.8, 4) is 5.75 Å². The number of carbonyl (C=O) groups is 1. The zero-order valence-corrected chi connectivity index (χ0v) is 16.0. The Morgan fingerprint density at radius 3 is 2.74 bits per heavy atom. The molecule has 5 rings (SSSR count). The van der Waals surface area contributed by atoms with Gasteiger partial charge in [0.25, 0.3) is 0 Å².